The SMILES string of the molecule is Cc1ccc(S(=O)(=O)N2CCN(C(=O)NCCC(=O)O)CC2)cc1C. The molecule has 1 saturated heterocycles. The number of aliphatic carboxylic acids is 1. The molecular weight excluding hydrogens is 346 g/mol. The molecule has 1 aliphatic heterocycles. The number of carboxylic acids is 1. The summed E-state index contributed by atoms with van der Waals surface area (Å²) in [5, 5.41) is 11.1. The van der Waals surface area contributed by atoms with Crippen LogP contribution in [0.1, 0.15) is 17.5 Å². The van der Waals surface area contributed by atoms with Gasteiger partial charge in [0.25, 0.3) is 0 Å². The second-order valence-electron chi connectivity index (χ2n) is 6.01. The number of carboxylic acid groups (broad SMARTS) is 1. The van der Waals surface area contributed by atoms with Crippen LogP contribution in [-0.4, -0.2) is 67.5 Å². The molecule has 1 heterocycles. The molecule has 25 heavy (non-hydrogen) atoms. The normalized spacial score (nSPS) is 15.8. The summed E-state index contributed by atoms with van der Waals surface area (Å²) in [6.07, 6.45) is -0.146. The summed E-state index contributed by atoms with van der Waals surface area (Å²) in [5.41, 5.74) is 1.94. The van der Waals surface area contributed by atoms with Crippen molar-refractivity contribution in [2.75, 3.05) is 32.7 Å². The van der Waals surface area contributed by atoms with E-state index in [0.717, 1.165) is 11.1 Å². The maximum atomic E-state index is 12.7. The fourth-order valence-electron chi connectivity index (χ4n) is 2.54. The van der Waals surface area contributed by atoms with Crippen LogP contribution >= 0.6 is 0 Å². The second-order valence-corrected chi connectivity index (χ2v) is 7.95. The molecule has 0 aromatic heterocycles. The van der Waals surface area contributed by atoms with Crippen molar-refractivity contribution in [1.29, 1.82) is 0 Å². The molecule has 1 fully saturated rings. The number of aryl methyl sites for hydroxylation is 2. The molecule has 1 aliphatic rings. The van der Waals surface area contributed by atoms with Gasteiger partial charge in [-0.15, -0.1) is 0 Å². The molecule has 2 N–H and O–H groups in total. The van der Waals surface area contributed by atoms with E-state index in [0.29, 0.717) is 0 Å². The summed E-state index contributed by atoms with van der Waals surface area (Å²) < 4.78 is 26.8. The number of nitrogens with zero attached hydrogens (tertiary/aromatic N) is 2. The third kappa shape index (κ3) is 4.70. The summed E-state index contributed by atoms with van der Waals surface area (Å²) in [5.74, 6) is -0.982. The number of amides is 2. The molecular formula is C16H23N3O5S. The fraction of sp³-hybridized carbons (Fsp3) is 0.500. The number of piperazine rings is 1. The van der Waals surface area contributed by atoms with E-state index in [2.05, 4.69) is 5.32 Å². The van der Waals surface area contributed by atoms with Crippen molar-refractivity contribution in [3.63, 3.8) is 0 Å². The van der Waals surface area contributed by atoms with Gasteiger partial charge >= 0.3 is 12.0 Å². The first-order valence-electron chi connectivity index (χ1n) is 8.04. The van der Waals surface area contributed by atoms with E-state index >= 15 is 0 Å². The number of nitrogens with one attached hydrogen (secondary N) is 1. The lowest BCUT2D eigenvalue weighted by molar-refractivity contribution is -0.136. The third-order valence-corrected chi connectivity index (χ3v) is 6.15. The molecule has 1 aromatic rings. The predicted octanol–water partition coefficient (Wildman–Crippen LogP) is 0.794. The van der Waals surface area contributed by atoms with Gasteiger partial charge in [-0.05, 0) is 37.1 Å². The van der Waals surface area contributed by atoms with Crippen LogP contribution in [0.2, 0.25) is 0 Å². The number of hydrogen-bond acceptors (Lipinski definition) is 4. The number of carbonyl (C=O) groups is 2. The summed E-state index contributed by atoms with van der Waals surface area (Å²) in [7, 11) is -3.58. The van der Waals surface area contributed by atoms with Gasteiger partial charge in [0.2, 0.25) is 10.0 Å². The average Bonchev–Trinajstić information content (AvgIpc) is 2.57. The van der Waals surface area contributed by atoms with Gasteiger partial charge in [-0.3, -0.25) is 4.79 Å². The van der Waals surface area contributed by atoms with Crippen molar-refractivity contribution in [3.8, 4) is 0 Å². The molecule has 0 unspecified atom stereocenters. The first-order valence-corrected chi connectivity index (χ1v) is 9.48. The highest BCUT2D eigenvalue weighted by Gasteiger charge is 2.30. The maximum absolute atomic E-state index is 12.7. The van der Waals surface area contributed by atoms with Gasteiger partial charge in [0.15, 0.2) is 0 Å². The quantitative estimate of drug-likeness (QED) is 0.798. The Labute approximate surface area is 147 Å². The zero-order valence-electron chi connectivity index (χ0n) is 14.4. The fourth-order valence-corrected chi connectivity index (χ4v) is 4.05. The minimum Gasteiger partial charge on any atom is -0.481 e. The Bertz CT molecular complexity index is 755. The van der Waals surface area contributed by atoms with Gasteiger partial charge in [-0.25, -0.2) is 13.2 Å². The van der Waals surface area contributed by atoms with Crippen LogP contribution in [-0.2, 0) is 14.8 Å². The lowest BCUT2D eigenvalue weighted by Gasteiger charge is -2.34. The second kappa shape index (κ2) is 7.83. The first-order chi connectivity index (χ1) is 11.7. The van der Waals surface area contributed by atoms with Crippen molar-refractivity contribution in [2.24, 2.45) is 0 Å². The Balaban J connectivity index is 1.95. The zero-order chi connectivity index (χ0) is 18.6. The van der Waals surface area contributed by atoms with Crippen molar-refractivity contribution in [3.05, 3.63) is 29.3 Å². The molecule has 1 aromatic carbocycles. The lowest BCUT2D eigenvalue weighted by atomic mass is 10.1. The van der Waals surface area contributed by atoms with Crippen molar-refractivity contribution < 1.29 is 23.1 Å². The van der Waals surface area contributed by atoms with E-state index in [-0.39, 0.29) is 50.1 Å². The molecule has 2 amide bonds. The first kappa shape index (κ1) is 19.2. The number of sulfonamides is 1. The molecule has 8 nitrogen and oxygen atoms in total. The largest absolute Gasteiger partial charge is 0.481 e. The van der Waals surface area contributed by atoms with Crippen LogP contribution in [0.5, 0.6) is 0 Å². The minimum absolute atomic E-state index is 0.0509. The summed E-state index contributed by atoms with van der Waals surface area (Å²) in [6.45, 7) is 4.80. The standard InChI is InChI=1S/C16H23N3O5S/c1-12-3-4-14(11-13(12)2)25(23,24)19-9-7-18(8-10-19)16(22)17-6-5-15(20)21/h3-4,11H,5-10H2,1-2H3,(H,17,22)(H,20,21). The smallest absolute Gasteiger partial charge is 0.317 e. The molecule has 0 radical (unpaired) electrons. The monoisotopic (exact) mass is 369 g/mol. The van der Waals surface area contributed by atoms with E-state index < -0.39 is 16.0 Å². The van der Waals surface area contributed by atoms with Gasteiger partial charge in [-0.1, -0.05) is 6.07 Å². The summed E-state index contributed by atoms with van der Waals surface area (Å²) in [6, 6.07) is 4.68. The maximum Gasteiger partial charge on any atom is 0.317 e. The number of urea groups is 1. The molecule has 0 saturated carbocycles. The third-order valence-electron chi connectivity index (χ3n) is 4.26. The van der Waals surface area contributed by atoms with Crippen molar-refractivity contribution in [2.45, 2.75) is 25.2 Å². The Hall–Kier alpha value is -2.13. The van der Waals surface area contributed by atoms with Crippen LogP contribution in [0.3, 0.4) is 0 Å². The highest BCUT2D eigenvalue weighted by Crippen LogP contribution is 2.20. The predicted molar refractivity (Wildman–Crippen MR) is 91.9 cm³/mol. The number of rotatable bonds is 5. The summed E-state index contributed by atoms with van der Waals surface area (Å²) in [4.78, 5) is 24.1. The van der Waals surface area contributed by atoms with Crippen LogP contribution in [0, 0.1) is 13.8 Å². The number of carbonyl (C=O) groups excluding carboxylic acids is 1. The van der Waals surface area contributed by atoms with Gasteiger partial charge in [-0.2, -0.15) is 4.31 Å². The van der Waals surface area contributed by atoms with Gasteiger partial charge < -0.3 is 15.3 Å². The Morgan fingerprint density at radius 1 is 1.12 bits per heavy atom. The molecule has 0 atom stereocenters. The average molecular weight is 369 g/mol. The van der Waals surface area contributed by atoms with E-state index in [1.54, 1.807) is 18.2 Å². The molecule has 0 bridgehead atoms. The molecule has 0 spiro atoms. The molecule has 0 aliphatic carbocycles. The van der Waals surface area contributed by atoms with Gasteiger partial charge in [0, 0.05) is 32.7 Å². The lowest BCUT2D eigenvalue weighted by Crippen LogP contribution is -2.53. The van der Waals surface area contributed by atoms with Gasteiger partial charge in [0.1, 0.15) is 0 Å². The summed E-state index contributed by atoms with van der Waals surface area (Å²) >= 11 is 0. The zero-order valence-corrected chi connectivity index (χ0v) is 15.2. The molecule has 9 heteroatoms. The molecule has 2 rings (SSSR count). The Morgan fingerprint density at radius 2 is 1.76 bits per heavy atom. The van der Waals surface area contributed by atoms with Crippen LogP contribution in [0.4, 0.5) is 4.79 Å². The number of benzene rings is 1. The van der Waals surface area contributed by atoms with Crippen molar-refractivity contribution in [1.82, 2.24) is 14.5 Å². The van der Waals surface area contributed by atoms with E-state index in [1.807, 2.05) is 13.8 Å². The van der Waals surface area contributed by atoms with Crippen molar-refractivity contribution >= 4 is 22.0 Å². The van der Waals surface area contributed by atoms with E-state index in [1.165, 1.54) is 9.21 Å². The number of hydrogen-bond donors (Lipinski definition) is 2. The topological polar surface area (TPSA) is 107 Å². The van der Waals surface area contributed by atoms with E-state index in [9.17, 15) is 18.0 Å². The van der Waals surface area contributed by atoms with Gasteiger partial charge in [0.05, 0.1) is 11.3 Å². The Morgan fingerprint density at radius 3 is 2.32 bits per heavy atom. The van der Waals surface area contributed by atoms with Crippen LogP contribution in [0.15, 0.2) is 23.1 Å². The van der Waals surface area contributed by atoms with E-state index in [4.69, 9.17) is 5.11 Å². The Kier molecular flexibility index (Phi) is 6.02. The molecule has 138 valence electrons. The highest BCUT2D eigenvalue weighted by molar-refractivity contribution is 7.89. The van der Waals surface area contributed by atoms with Crippen LogP contribution < -0.4 is 5.32 Å². The highest BCUT2D eigenvalue weighted by atomic mass is 32.2. The minimum atomic E-state index is -3.58. The van der Waals surface area contributed by atoms with Crippen LogP contribution in [0.25, 0.3) is 0 Å².